The number of hydrogen-bond donors (Lipinski definition) is 2. The van der Waals surface area contributed by atoms with Crippen LogP contribution in [0.3, 0.4) is 0 Å². The van der Waals surface area contributed by atoms with E-state index in [0.29, 0.717) is 23.5 Å². The van der Waals surface area contributed by atoms with Crippen LogP contribution in [0.4, 0.5) is 11.4 Å². The second-order valence-electron chi connectivity index (χ2n) is 6.01. The Morgan fingerprint density at radius 1 is 1.00 bits per heavy atom. The molecule has 25 heavy (non-hydrogen) atoms. The van der Waals surface area contributed by atoms with Gasteiger partial charge in [-0.1, -0.05) is 18.2 Å². The Morgan fingerprint density at radius 3 is 2.20 bits per heavy atom. The minimum Gasteiger partial charge on any atom is -0.326 e. The molecule has 0 radical (unpaired) electrons. The molecule has 0 fully saturated rings. The Morgan fingerprint density at radius 2 is 1.60 bits per heavy atom. The van der Waals surface area contributed by atoms with E-state index in [1.807, 2.05) is 18.2 Å². The number of carbonyl (C=O) groups excluding carboxylic acids is 3. The first-order chi connectivity index (χ1) is 12.0. The van der Waals surface area contributed by atoms with E-state index < -0.39 is 6.04 Å². The summed E-state index contributed by atoms with van der Waals surface area (Å²) in [5, 5.41) is 5.47. The first kappa shape index (κ1) is 16.7. The summed E-state index contributed by atoms with van der Waals surface area (Å²) in [7, 11) is 0. The fourth-order valence-corrected chi connectivity index (χ4v) is 2.82. The van der Waals surface area contributed by atoms with Gasteiger partial charge < -0.3 is 15.5 Å². The lowest BCUT2D eigenvalue weighted by molar-refractivity contribution is -0.120. The van der Waals surface area contributed by atoms with Crippen LogP contribution in [-0.4, -0.2) is 28.7 Å². The van der Waals surface area contributed by atoms with Crippen molar-refractivity contribution in [1.82, 2.24) is 4.90 Å². The lowest BCUT2D eigenvalue weighted by atomic mass is 10.1. The minimum absolute atomic E-state index is 0.126. The smallest absolute Gasteiger partial charge is 0.255 e. The molecule has 128 valence electrons. The highest BCUT2D eigenvalue weighted by atomic mass is 16.2. The van der Waals surface area contributed by atoms with Gasteiger partial charge in [0.1, 0.15) is 6.04 Å². The van der Waals surface area contributed by atoms with E-state index in [4.69, 9.17) is 0 Å². The zero-order valence-electron chi connectivity index (χ0n) is 14.1. The van der Waals surface area contributed by atoms with Gasteiger partial charge in [0.05, 0.1) is 0 Å². The van der Waals surface area contributed by atoms with Crippen LogP contribution in [0.25, 0.3) is 0 Å². The molecule has 6 nitrogen and oxygen atoms in total. The van der Waals surface area contributed by atoms with Gasteiger partial charge in [-0.2, -0.15) is 0 Å². The van der Waals surface area contributed by atoms with Gasteiger partial charge in [-0.3, -0.25) is 14.4 Å². The normalized spacial score (nSPS) is 14.0. The summed E-state index contributed by atoms with van der Waals surface area (Å²) in [6.07, 6.45) is 0. The van der Waals surface area contributed by atoms with Crippen LogP contribution in [0.1, 0.15) is 29.8 Å². The number of rotatable bonds is 4. The first-order valence-corrected chi connectivity index (χ1v) is 8.03. The van der Waals surface area contributed by atoms with Crippen LogP contribution in [0, 0.1) is 0 Å². The van der Waals surface area contributed by atoms with Crippen molar-refractivity contribution in [1.29, 1.82) is 0 Å². The molecule has 1 heterocycles. The molecule has 1 atom stereocenters. The van der Waals surface area contributed by atoms with Crippen LogP contribution < -0.4 is 10.6 Å². The fourth-order valence-electron chi connectivity index (χ4n) is 2.82. The van der Waals surface area contributed by atoms with E-state index in [0.717, 1.165) is 5.56 Å². The van der Waals surface area contributed by atoms with Gasteiger partial charge in [0.15, 0.2) is 0 Å². The van der Waals surface area contributed by atoms with E-state index in [1.54, 1.807) is 42.2 Å². The summed E-state index contributed by atoms with van der Waals surface area (Å²) in [4.78, 5) is 37.5. The monoisotopic (exact) mass is 337 g/mol. The maximum atomic E-state index is 12.5. The molecule has 0 saturated heterocycles. The lowest BCUT2D eigenvalue weighted by Gasteiger charge is -2.23. The van der Waals surface area contributed by atoms with Crippen molar-refractivity contribution in [3.8, 4) is 0 Å². The molecule has 1 aliphatic heterocycles. The molecule has 3 rings (SSSR count). The fraction of sp³-hybridized carbons (Fsp3) is 0.211. The highest BCUT2D eigenvalue weighted by Crippen LogP contribution is 2.25. The average molecular weight is 337 g/mol. The predicted molar refractivity (Wildman–Crippen MR) is 95.2 cm³/mol. The van der Waals surface area contributed by atoms with E-state index in [1.165, 1.54) is 6.92 Å². The van der Waals surface area contributed by atoms with Crippen LogP contribution in [-0.2, 0) is 16.1 Å². The molecule has 0 bridgehead atoms. The Kier molecular flexibility index (Phi) is 4.52. The molecule has 0 aromatic heterocycles. The summed E-state index contributed by atoms with van der Waals surface area (Å²) in [6.45, 7) is 3.58. The van der Waals surface area contributed by atoms with E-state index >= 15 is 0 Å². The van der Waals surface area contributed by atoms with E-state index in [2.05, 4.69) is 10.6 Å². The second-order valence-corrected chi connectivity index (χ2v) is 6.01. The maximum absolute atomic E-state index is 12.5. The second kappa shape index (κ2) is 6.76. The van der Waals surface area contributed by atoms with Crippen molar-refractivity contribution in [3.05, 3.63) is 59.7 Å². The van der Waals surface area contributed by atoms with Gasteiger partial charge in [-0.25, -0.2) is 0 Å². The van der Waals surface area contributed by atoms with Crippen LogP contribution in [0.15, 0.2) is 48.5 Å². The molecule has 2 aromatic carbocycles. The van der Waals surface area contributed by atoms with Crippen molar-refractivity contribution in [3.63, 3.8) is 0 Å². The van der Waals surface area contributed by atoms with E-state index in [9.17, 15) is 14.4 Å². The third-order valence-electron chi connectivity index (χ3n) is 4.17. The first-order valence-electron chi connectivity index (χ1n) is 8.03. The topological polar surface area (TPSA) is 78.5 Å². The van der Waals surface area contributed by atoms with Crippen molar-refractivity contribution in [2.75, 3.05) is 10.6 Å². The van der Waals surface area contributed by atoms with Crippen molar-refractivity contribution < 1.29 is 14.4 Å². The lowest BCUT2D eigenvalue weighted by Crippen LogP contribution is -2.42. The Balaban J connectivity index is 1.66. The molecule has 0 saturated carbocycles. The van der Waals surface area contributed by atoms with Crippen LogP contribution in [0.2, 0.25) is 0 Å². The van der Waals surface area contributed by atoms with Crippen LogP contribution >= 0.6 is 0 Å². The quantitative estimate of drug-likeness (QED) is 0.900. The number of carbonyl (C=O) groups is 3. The summed E-state index contributed by atoms with van der Waals surface area (Å²) < 4.78 is 0. The van der Waals surface area contributed by atoms with Gasteiger partial charge >= 0.3 is 0 Å². The Hall–Kier alpha value is -3.15. The molecular formula is C19H19N3O3. The molecule has 0 spiro atoms. The Labute approximate surface area is 145 Å². The zero-order valence-corrected chi connectivity index (χ0v) is 14.1. The predicted octanol–water partition coefficient (Wildman–Crippen LogP) is 2.63. The number of hydrogen-bond acceptors (Lipinski definition) is 3. The molecule has 6 heteroatoms. The molecule has 0 aliphatic carbocycles. The van der Waals surface area contributed by atoms with Gasteiger partial charge in [0.25, 0.3) is 5.91 Å². The largest absolute Gasteiger partial charge is 0.326 e. The molecule has 2 aromatic rings. The van der Waals surface area contributed by atoms with E-state index in [-0.39, 0.29) is 17.7 Å². The number of nitrogens with one attached hydrogen (secondary N) is 2. The highest BCUT2D eigenvalue weighted by Gasteiger charge is 2.33. The molecule has 3 amide bonds. The minimum atomic E-state index is -0.588. The Bertz CT molecular complexity index is 830. The molecule has 2 N–H and O–H groups in total. The molecule has 1 aliphatic rings. The number of amides is 3. The third-order valence-corrected chi connectivity index (χ3v) is 4.17. The van der Waals surface area contributed by atoms with Gasteiger partial charge in [-0.15, -0.1) is 0 Å². The highest BCUT2D eigenvalue weighted by molar-refractivity contribution is 6.03. The van der Waals surface area contributed by atoms with Crippen molar-refractivity contribution in [2.24, 2.45) is 0 Å². The maximum Gasteiger partial charge on any atom is 0.255 e. The summed E-state index contributed by atoms with van der Waals surface area (Å²) in [5.41, 5.74) is 2.85. The standard InChI is InChI=1S/C19H19N3O3/c1-12(22-11-14-5-3-4-6-17(14)19(22)25)18(24)21-16-9-7-15(8-10-16)20-13(2)23/h3-10,12H,11H2,1-2H3,(H,20,23)(H,21,24)/t12-/m1/s1. The third kappa shape index (κ3) is 3.52. The van der Waals surface area contributed by atoms with Gasteiger partial charge in [-0.05, 0) is 42.8 Å². The summed E-state index contributed by atoms with van der Waals surface area (Å²) >= 11 is 0. The van der Waals surface area contributed by atoms with Crippen molar-refractivity contribution >= 4 is 29.1 Å². The summed E-state index contributed by atoms with van der Waals surface area (Å²) in [6, 6.07) is 13.6. The number of anilines is 2. The SMILES string of the molecule is CC(=O)Nc1ccc(NC(=O)[C@@H](C)N2Cc3ccccc3C2=O)cc1. The van der Waals surface area contributed by atoms with Crippen LogP contribution in [0.5, 0.6) is 0 Å². The zero-order chi connectivity index (χ0) is 18.0. The summed E-state index contributed by atoms with van der Waals surface area (Å²) in [5.74, 6) is -0.537. The van der Waals surface area contributed by atoms with Crippen molar-refractivity contribution in [2.45, 2.75) is 26.4 Å². The average Bonchev–Trinajstić information content (AvgIpc) is 2.93. The molecular weight excluding hydrogens is 318 g/mol. The number of nitrogens with zero attached hydrogens (tertiary/aromatic N) is 1. The van der Waals surface area contributed by atoms with Gasteiger partial charge in [0, 0.05) is 30.4 Å². The van der Waals surface area contributed by atoms with Gasteiger partial charge in [0.2, 0.25) is 11.8 Å². The molecule has 0 unspecified atom stereocenters. The number of fused-ring (bicyclic) bond motifs is 1. The number of benzene rings is 2.